The first-order chi connectivity index (χ1) is 10.3. The van der Waals surface area contributed by atoms with Crippen LogP contribution in [0.25, 0.3) is 10.9 Å². The summed E-state index contributed by atoms with van der Waals surface area (Å²) in [5, 5.41) is 7.68. The molecule has 1 aromatic carbocycles. The number of hydrogen-bond donors (Lipinski definition) is 2. The van der Waals surface area contributed by atoms with E-state index in [0.29, 0.717) is 11.4 Å². The molecule has 2 aliphatic rings. The minimum Gasteiger partial charge on any atom is -0.357 e. The Labute approximate surface area is 124 Å². The molecule has 0 saturated carbocycles. The van der Waals surface area contributed by atoms with Crippen LogP contribution in [0.15, 0.2) is 24.3 Å². The first-order valence-electron chi connectivity index (χ1n) is 7.70. The van der Waals surface area contributed by atoms with Crippen LogP contribution in [0, 0.1) is 5.41 Å². The largest absolute Gasteiger partial charge is 0.357 e. The number of para-hydroxylation sites is 1. The van der Waals surface area contributed by atoms with Gasteiger partial charge in [0.25, 0.3) is 0 Å². The Morgan fingerprint density at radius 1 is 1.14 bits per heavy atom. The molecule has 0 bridgehead atoms. The quantitative estimate of drug-likeness (QED) is 0.881. The van der Waals surface area contributed by atoms with Gasteiger partial charge in [0, 0.05) is 30.9 Å². The minimum atomic E-state index is 0.511. The summed E-state index contributed by atoms with van der Waals surface area (Å²) in [6, 6.07) is 8.27. The van der Waals surface area contributed by atoms with Crippen LogP contribution < -0.4 is 15.5 Å². The van der Waals surface area contributed by atoms with Crippen molar-refractivity contribution in [3.8, 4) is 0 Å². The molecule has 2 N–H and O–H groups in total. The number of benzene rings is 1. The SMILES string of the molecule is CNc1nc(N2CC3(CCNCC3)C2)c2ccccc2n1. The monoisotopic (exact) mass is 283 g/mol. The number of nitrogens with one attached hydrogen (secondary N) is 2. The fourth-order valence-corrected chi connectivity index (χ4v) is 3.60. The van der Waals surface area contributed by atoms with Crippen molar-refractivity contribution < 1.29 is 0 Å². The zero-order valence-corrected chi connectivity index (χ0v) is 12.4. The molecule has 1 spiro atoms. The third-order valence-electron chi connectivity index (χ3n) is 4.82. The van der Waals surface area contributed by atoms with E-state index in [4.69, 9.17) is 4.98 Å². The highest BCUT2D eigenvalue weighted by Crippen LogP contribution is 2.42. The molecule has 3 heterocycles. The Balaban J connectivity index is 1.67. The first-order valence-corrected chi connectivity index (χ1v) is 7.70. The summed E-state index contributed by atoms with van der Waals surface area (Å²) in [4.78, 5) is 11.7. The Kier molecular flexibility index (Phi) is 2.96. The predicted octanol–water partition coefficient (Wildman–Crippen LogP) is 1.86. The topological polar surface area (TPSA) is 53.1 Å². The number of nitrogens with zero attached hydrogens (tertiary/aromatic N) is 3. The number of anilines is 2. The molecule has 0 atom stereocenters. The standard InChI is InChI=1S/C16H21N5/c1-17-15-19-13-5-3-2-4-12(13)14(20-15)21-10-16(11-21)6-8-18-9-7-16/h2-5,18H,6-11H2,1H3,(H,17,19,20). The molecule has 0 unspecified atom stereocenters. The number of piperidine rings is 1. The third kappa shape index (κ3) is 2.12. The van der Waals surface area contributed by atoms with Crippen LogP contribution in [0.3, 0.4) is 0 Å². The molecule has 5 heteroatoms. The molecular formula is C16H21N5. The maximum Gasteiger partial charge on any atom is 0.224 e. The van der Waals surface area contributed by atoms with Crippen molar-refractivity contribution in [2.75, 3.05) is 43.4 Å². The second-order valence-corrected chi connectivity index (χ2v) is 6.24. The van der Waals surface area contributed by atoms with Gasteiger partial charge in [-0.3, -0.25) is 0 Å². The van der Waals surface area contributed by atoms with Crippen LogP contribution >= 0.6 is 0 Å². The fourth-order valence-electron chi connectivity index (χ4n) is 3.60. The number of hydrogen-bond acceptors (Lipinski definition) is 5. The van der Waals surface area contributed by atoms with E-state index in [1.165, 1.54) is 12.8 Å². The van der Waals surface area contributed by atoms with E-state index in [2.05, 4.69) is 38.7 Å². The lowest BCUT2D eigenvalue weighted by Gasteiger charge is -2.53. The maximum atomic E-state index is 4.71. The Bertz CT molecular complexity index is 655. The van der Waals surface area contributed by atoms with Gasteiger partial charge in [-0.1, -0.05) is 12.1 Å². The molecule has 4 rings (SSSR count). The summed E-state index contributed by atoms with van der Waals surface area (Å²) in [6.07, 6.45) is 2.57. The van der Waals surface area contributed by atoms with Gasteiger partial charge in [0.2, 0.25) is 5.95 Å². The van der Waals surface area contributed by atoms with Crippen molar-refractivity contribution in [2.45, 2.75) is 12.8 Å². The number of fused-ring (bicyclic) bond motifs is 1. The Morgan fingerprint density at radius 3 is 2.67 bits per heavy atom. The minimum absolute atomic E-state index is 0.511. The number of rotatable bonds is 2. The third-order valence-corrected chi connectivity index (χ3v) is 4.82. The lowest BCUT2D eigenvalue weighted by atomic mass is 9.72. The van der Waals surface area contributed by atoms with Gasteiger partial charge in [0.05, 0.1) is 5.52 Å². The Morgan fingerprint density at radius 2 is 1.90 bits per heavy atom. The fraction of sp³-hybridized carbons (Fsp3) is 0.500. The van der Waals surface area contributed by atoms with Gasteiger partial charge >= 0.3 is 0 Å². The molecule has 2 aliphatic heterocycles. The van der Waals surface area contributed by atoms with Crippen LogP contribution in [0.1, 0.15) is 12.8 Å². The van der Waals surface area contributed by atoms with Crippen LogP contribution in [0.5, 0.6) is 0 Å². The van der Waals surface area contributed by atoms with Crippen LogP contribution in [0.2, 0.25) is 0 Å². The molecule has 2 aromatic rings. The summed E-state index contributed by atoms with van der Waals surface area (Å²) in [6.45, 7) is 4.55. The van der Waals surface area contributed by atoms with Crippen LogP contribution in [-0.2, 0) is 0 Å². The molecule has 110 valence electrons. The second kappa shape index (κ2) is 4.84. The first kappa shape index (κ1) is 12.8. The van der Waals surface area contributed by atoms with Crippen molar-refractivity contribution in [3.05, 3.63) is 24.3 Å². The van der Waals surface area contributed by atoms with Crippen molar-refractivity contribution in [3.63, 3.8) is 0 Å². The molecule has 2 fully saturated rings. The van der Waals surface area contributed by atoms with Crippen LogP contribution in [-0.4, -0.2) is 43.2 Å². The van der Waals surface area contributed by atoms with E-state index < -0.39 is 0 Å². The van der Waals surface area contributed by atoms with E-state index in [1.807, 2.05) is 13.1 Å². The normalized spacial score (nSPS) is 20.5. The molecule has 1 aromatic heterocycles. The highest BCUT2D eigenvalue weighted by molar-refractivity contribution is 5.90. The number of aromatic nitrogens is 2. The Hall–Kier alpha value is -1.88. The van der Waals surface area contributed by atoms with Crippen molar-refractivity contribution in [2.24, 2.45) is 5.41 Å². The smallest absolute Gasteiger partial charge is 0.224 e. The van der Waals surface area contributed by atoms with Gasteiger partial charge in [0.15, 0.2) is 0 Å². The molecule has 0 radical (unpaired) electrons. The second-order valence-electron chi connectivity index (χ2n) is 6.24. The lowest BCUT2D eigenvalue weighted by Crippen LogP contribution is -2.60. The van der Waals surface area contributed by atoms with E-state index in [9.17, 15) is 0 Å². The highest BCUT2D eigenvalue weighted by Gasteiger charge is 2.44. The molecule has 0 aliphatic carbocycles. The van der Waals surface area contributed by atoms with E-state index in [0.717, 1.165) is 42.9 Å². The average Bonchev–Trinajstić information content (AvgIpc) is 2.52. The van der Waals surface area contributed by atoms with E-state index >= 15 is 0 Å². The summed E-state index contributed by atoms with van der Waals surface area (Å²) in [5.74, 6) is 1.78. The van der Waals surface area contributed by atoms with Gasteiger partial charge in [-0.2, -0.15) is 4.98 Å². The van der Waals surface area contributed by atoms with Crippen LogP contribution in [0.4, 0.5) is 11.8 Å². The predicted molar refractivity (Wildman–Crippen MR) is 85.8 cm³/mol. The lowest BCUT2D eigenvalue weighted by molar-refractivity contribution is 0.149. The summed E-state index contributed by atoms with van der Waals surface area (Å²) in [7, 11) is 1.87. The zero-order chi connectivity index (χ0) is 14.3. The van der Waals surface area contributed by atoms with Crippen molar-refractivity contribution in [1.29, 1.82) is 0 Å². The molecule has 2 saturated heterocycles. The molecular weight excluding hydrogens is 262 g/mol. The molecule has 21 heavy (non-hydrogen) atoms. The summed E-state index contributed by atoms with van der Waals surface area (Å²) >= 11 is 0. The highest BCUT2D eigenvalue weighted by atomic mass is 15.3. The van der Waals surface area contributed by atoms with Gasteiger partial charge in [-0.05, 0) is 38.1 Å². The molecule has 0 amide bonds. The van der Waals surface area contributed by atoms with Gasteiger partial charge in [0.1, 0.15) is 5.82 Å². The average molecular weight is 283 g/mol. The molecule has 5 nitrogen and oxygen atoms in total. The van der Waals surface area contributed by atoms with Gasteiger partial charge in [-0.15, -0.1) is 0 Å². The van der Waals surface area contributed by atoms with Crippen molar-refractivity contribution >= 4 is 22.7 Å². The maximum absolute atomic E-state index is 4.71. The summed E-state index contributed by atoms with van der Waals surface area (Å²) < 4.78 is 0. The van der Waals surface area contributed by atoms with Gasteiger partial charge < -0.3 is 15.5 Å². The van der Waals surface area contributed by atoms with Crippen molar-refractivity contribution in [1.82, 2.24) is 15.3 Å². The van der Waals surface area contributed by atoms with E-state index in [1.54, 1.807) is 0 Å². The zero-order valence-electron chi connectivity index (χ0n) is 12.4. The summed E-state index contributed by atoms with van der Waals surface area (Å²) in [5.41, 5.74) is 1.52. The van der Waals surface area contributed by atoms with Gasteiger partial charge in [-0.25, -0.2) is 4.98 Å². The van der Waals surface area contributed by atoms with E-state index in [-0.39, 0.29) is 0 Å².